The van der Waals surface area contributed by atoms with Crippen LogP contribution in [0.5, 0.6) is 0 Å². The van der Waals surface area contributed by atoms with Gasteiger partial charge in [-0.1, -0.05) is 38.0 Å². The lowest BCUT2D eigenvalue weighted by Crippen LogP contribution is -2.53. The Bertz CT molecular complexity index is 403. The minimum atomic E-state index is 0.581. The maximum Gasteiger partial charge on any atom is 0.0314 e. The molecule has 0 spiro atoms. The highest BCUT2D eigenvalue weighted by Crippen LogP contribution is 2.11. The molecule has 0 saturated carbocycles. The summed E-state index contributed by atoms with van der Waals surface area (Å²) in [7, 11) is 0. The van der Waals surface area contributed by atoms with Crippen molar-refractivity contribution in [2.45, 2.75) is 58.7 Å². The molecule has 0 aliphatic carbocycles. The quantitative estimate of drug-likeness (QED) is 0.494. The van der Waals surface area contributed by atoms with Crippen molar-refractivity contribution < 1.29 is 0 Å². The van der Waals surface area contributed by atoms with Gasteiger partial charge in [0.25, 0.3) is 0 Å². The second kappa shape index (κ2) is 10.4. The van der Waals surface area contributed by atoms with Gasteiger partial charge in [0, 0.05) is 37.4 Å². The van der Waals surface area contributed by atoms with Gasteiger partial charge >= 0.3 is 0 Å². The van der Waals surface area contributed by atoms with Gasteiger partial charge in [0.2, 0.25) is 0 Å². The standard InChI is InChI=1S/C13H21N3.C6H12/c1-10-7-16(8-11(2)15-10)9-12-3-5-13(14)6-4-12;1-3-5-6-4-2/h3-6,10-11,15H,7-9,14H2,1-2H3;3H,1,4-6H2,2H3/t10-,11+;. The molecule has 0 aromatic heterocycles. The number of nitrogen functional groups attached to an aromatic ring is 1. The molecule has 3 N–H and O–H groups in total. The Morgan fingerprint density at radius 1 is 1.23 bits per heavy atom. The number of nitrogens with zero attached hydrogens (tertiary/aromatic N) is 1. The molecule has 0 amide bonds. The molecular formula is C19H33N3. The van der Waals surface area contributed by atoms with Gasteiger partial charge in [-0.3, -0.25) is 4.90 Å². The number of benzene rings is 1. The molecule has 3 nitrogen and oxygen atoms in total. The van der Waals surface area contributed by atoms with Crippen LogP contribution in [0.3, 0.4) is 0 Å². The number of hydrogen-bond donors (Lipinski definition) is 2. The van der Waals surface area contributed by atoms with Crippen LogP contribution in [0.1, 0.15) is 45.6 Å². The first-order valence-electron chi connectivity index (χ1n) is 8.48. The van der Waals surface area contributed by atoms with Crippen molar-refractivity contribution in [1.29, 1.82) is 0 Å². The highest BCUT2D eigenvalue weighted by atomic mass is 15.2. The van der Waals surface area contributed by atoms with Crippen LogP contribution in [-0.2, 0) is 6.54 Å². The Morgan fingerprint density at radius 3 is 2.27 bits per heavy atom. The minimum Gasteiger partial charge on any atom is -0.399 e. The Morgan fingerprint density at radius 2 is 1.82 bits per heavy atom. The second-order valence-electron chi connectivity index (χ2n) is 6.34. The van der Waals surface area contributed by atoms with Crippen molar-refractivity contribution >= 4 is 5.69 Å². The minimum absolute atomic E-state index is 0.581. The van der Waals surface area contributed by atoms with Crippen molar-refractivity contribution in [2.75, 3.05) is 18.8 Å². The fourth-order valence-electron chi connectivity index (χ4n) is 2.80. The fraction of sp³-hybridized carbons (Fsp3) is 0.579. The van der Waals surface area contributed by atoms with Gasteiger partial charge < -0.3 is 11.1 Å². The zero-order chi connectivity index (χ0) is 16.4. The van der Waals surface area contributed by atoms with Crippen molar-refractivity contribution in [2.24, 2.45) is 0 Å². The van der Waals surface area contributed by atoms with E-state index in [0.717, 1.165) is 25.3 Å². The van der Waals surface area contributed by atoms with E-state index in [4.69, 9.17) is 5.73 Å². The van der Waals surface area contributed by atoms with E-state index in [1.54, 1.807) is 0 Å². The van der Waals surface area contributed by atoms with Gasteiger partial charge in [-0.15, -0.1) is 6.58 Å². The average molecular weight is 303 g/mol. The Hall–Kier alpha value is -1.32. The van der Waals surface area contributed by atoms with Gasteiger partial charge in [-0.2, -0.15) is 0 Å². The number of unbranched alkanes of at least 4 members (excludes halogenated alkanes) is 2. The molecule has 1 heterocycles. The SMILES string of the molecule is C=CCCCC.C[C@@H]1CN(Cc2ccc(N)cc2)C[C@H](C)N1. The zero-order valence-corrected chi connectivity index (χ0v) is 14.5. The summed E-state index contributed by atoms with van der Waals surface area (Å²) in [5, 5.41) is 3.54. The zero-order valence-electron chi connectivity index (χ0n) is 14.5. The fourth-order valence-corrected chi connectivity index (χ4v) is 2.80. The van der Waals surface area contributed by atoms with Gasteiger partial charge in [0.15, 0.2) is 0 Å². The third kappa shape index (κ3) is 7.62. The van der Waals surface area contributed by atoms with Crippen LogP contribution in [-0.4, -0.2) is 30.1 Å². The molecule has 22 heavy (non-hydrogen) atoms. The molecule has 1 aliphatic rings. The van der Waals surface area contributed by atoms with E-state index in [2.05, 4.69) is 49.7 Å². The summed E-state index contributed by atoms with van der Waals surface area (Å²) in [6, 6.07) is 9.35. The Balaban J connectivity index is 0.000000346. The molecule has 124 valence electrons. The van der Waals surface area contributed by atoms with Crippen LogP contribution < -0.4 is 11.1 Å². The number of hydrogen-bond acceptors (Lipinski definition) is 3. The van der Waals surface area contributed by atoms with Gasteiger partial charge in [0.05, 0.1) is 0 Å². The molecule has 1 fully saturated rings. The predicted octanol–water partition coefficient (Wildman–Crippen LogP) is 3.81. The number of allylic oxidation sites excluding steroid dienone is 1. The van der Waals surface area contributed by atoms with Gasteiger partial charge in [-0.05, 0) is 38.0 Å². The van der Waals surface area contributed by atoms with Crippen LogP contribution in [0.25, 0.3) is 0 Å². The topological polar surface area (TPSA) is 41.3 Å². The molecule has 1 aromatic carbocycles. The van der Waals surface area contributed by atoms with E-state index >= 15 is 0 Å². The molecule has 1 saturated heterocycles. The maximum atomic E-state index is 5.68. The lowest BCUT2D eigenvalue weighted by Gasteiger charge is -2.36. The lowest BCUT2D eigenvalue weighted by atomic mass is 10.1. The maximum absolute atomic E-state index is 5.68. The first-order chi connectivity index (χ1) is 10.5. The smallest absolute Gasteiger partial charge is 0.0314 e. The van der Waals surface area contributed by atoms with Gasteiger partial charge in [0.1, 0.15) is 0 Å². The van der Waals surface area contributed by atoms with Gasteiger partial charge in [-0.25, -0.2) is 0 Å². The average Bonchev–Trinajstić information content (AvgIpc) is 2.47. The van der Waals surface area contributed by atoms with Crippen molar-refractivity contribution in [3.63, 3.8) is 0 Å². The number of rotatable bonds is 5. The number of nitrogens with one attached hydrogen (secondary N) is 1. The first kappa shape index (κ1) is 18.7. The van der Waals surface area contributed by atoms with Crippen LogP contribution in [0.2, 0.25) is 0 Å². The van der Waals surface area contributed by atoms with Crippen LogP contribution >= 0.6 is 0 Å². The molecule has 1 aliphatic heterocycles. The van der Waals surface area contributed by atoms with E-state index in [1.807, 2.05) is 18.2 Å². The summed E-state index contributed by atoms with van der Waals surface area (Å²) in [4.78, 5) is 2.50. The summed E-state index contributed by atoms with van der Waals surface area (Å²) in [6.45, 7) is 13.5. The van der Waals surface area contributed by atoms with Crippen molar-refractivity contribution in [1.82, 2.24) is 10.2 Å². The van der Waals surface area contributed by atoms with Crippen molar-refractivity contribution in [3.8, 4) is 0 Å². The number of anilines is 1. The molecule has 2 rings (SSSR count). The monoisotopic (exact) mass is 303 g/mol. The van der Waals surface area contributed by atoms with Crippen LogP contribution in [0.4, 0.5) is 5.69 Å². The van der Waals surface area contributed by atoms with E-state index in [-0.39, 0.29) is 0 Å². The van der Waals surface area contributed by atoms with E-state index in [9.17, 15) is 0 Å². The normalized spacial score (nSPS) is 21.8. The number of piperazine rings is 1. The molecule has 1 aromatic rings. The third-order valence-corrected chi connectivity index (χ3v) is 3.78. The summed E-state index contributed by atoms with van der Waals surface area (Å²) in [5.74, 6) is 0. The summed E-state index contributed by atoms with van der Waals surface area (Å²) >= 11 is 0. The first-order valence-corrected chi connectivity index (χ1v) is 8.48. The Labute approximate surface area is 136 Å². The van der Waals surface area contributed by atoms with E-state index in [0.29, 0.717) is 12.1 Å². The molecule has 0 unspecified atom stereocenters. The molecule has 0 bridgehead atoms. The predicted molar refractivity (Wildman–Crippen MR) is 97.9 cm³/mol. The molecular weight excluding hydrogens is 270 g/mol. The summed E-state index contributed by atoms with van der Waals surface area (Å²) in [5.41, 5.74) is 7.86. The molecule has 2 atom stereocenters. The number of nitrogens with two attached hydrogens (primary N) is 1. The Kier molecular flexibility index (Phi) is 8.86. The summed E-state index contributed by atoms with van der Waals surface area (Å²) < 4.78 is 0. The van der Waals surface area contributed by atoms with E-state index in [1.165, 1.54) is 24.8 Å². The van der Waals surface area contributed by atoms with Crippen LogP contribution in [0, 0.1) is 0 Å². The van der Waals surface area contributed by atoms with E-state index < -0.39 is 0 Å². The molecule has 0 radical (unpaired) electrons. The summed E-state index contributed by atoms with van der Waals surface area (Å²) in [6.07, 6.45) is 5.72. The van der Waals surface area contributed by atoms with Crippen molar-refractivity contribution in [3.05, 3.63) is 42.5 Å². The highest BCUT2D eigenvalue weighted by molar-refractivity contribution is 5.39. The second-order valence-corrected chi connectivity index (χ2v) is 6.34. The van der Waals surface area contributed by atoms with Crippen LogP contribution in [0.15, 0.2) is 36.9 Å². The third-order valence-electron chi connectivity index (χ3n) is 3.78. The lowest BCUT2D eigenvalue weighted by molar-refractivity contribution is 0.166. The highest BCUT2D eigenvalue weighted by Gasteiger charge is 2.20. The molecule has 3 heteroatoms. The largest absolute Gasteiger partial charge is 0.399 e.